The van der Waals surface area contributed by atoms with E-state index in [1.807, 2.05) is 27.7 Å². The van der Waals surface area contributed by atoms with E-state index >= 15 is 0 Å². The maximum Gasteiger partial charge on any atom is 0.416 e. The first-order valence-electron chi connectivity index (χ1n) is 7.23. The number of rotatable bonds is 2. The molecule has 0 bridgehead atoms. The molecule has 0 aliphatic carbocycles. The van der Waals surface area contributed by atoms with Gasteiger partial charge in [0.15, 0.2) is 0 Å². The second-order valence-electron chi connectivity index (χ2n) is 7.09. The second kappa shape index (κ2) is 5.42. The minimum Gasteiger partial charge on any atom is -0.490 e. The number of halogens is 3. The molecule has 1 aromatic carbocycles. The molecule has 0 spiro atoms. The van der Waals surface area contributed by atoms with Crippen LogP contribution in [-0.2, 0) is 11.4 Å². The van der Waals surface area contributed by atoms with Crippen LogP contribution in [0.15, 0.2) is 24.3 Å². The van der Waals surface area contributed by atoms with E-state index in [4.69, 9.17) is 4.74 Å². The maximum absolute atomic E-state index is 12.7. The monoisotopic (exact) mass is 316 g/mol. The van der Waals surface area contributed by atoms with E-state index in [9.17, 15) is 18.4 Å². The average Bonchev–Trinajstić information content (AvgIpc) is 2.34. The lowest BCUT2D eigenvalue weighted by Crippen LogP contribution is -2.60. The molecule has 123 valence electrons. The smallest absolute Gasteiger partial charge is 0.416 e. The van der Waals surface area contributed by atoms with Crippen LogP contribution in [0.1, 0.15) is 46.1 Å². The van der Waals surface area contributed by atoms with Gasteiger partial charge in [-0.3, -0.25) is 0 Å². The van der Waals surface area contributed by atoms with Crippen molar-refractivity contribution in [3.63, 3.8) is 0 Å². The van der Waals surface area contributed by atoms with Crippen molar-refractivity contribution in [2.45, 2.75) is 63.9 Å². The number of hydrogen-bond acceptors (Lipinski definition) is 2. The van der Waals surface area contributed by atoms with Gasteiger partial charge >= 0.3 is 6.18 Å². The van der Waals surface area contributed by atoms with Gasteiger partial charge in [-0.1, -0.05) is 6.07 Å². The zero-order valence-corrected chi connectivity index (χ0v) is 13.2. The molecule has 1 heterocycles. The Bertz CT molecular complexity index is 522. The summed E-state index contributed by atoms with van der Waals surface area (Å²) in [5.41, 5.74) is -1.97. The zero-order valence-electron chi connectivity index (χ0n) is 13.2. The van der Waals surface area contributed by atoms with Crippen LogP contribution in [0.2, 0.25) is 0 Å². The number of hydrogen-bond donors (Lipinski definition) is 0. The summed E-state index contributed by atoms with van der Waals surface area (Å²) in [6, 6.07) is 4.86. The van der Waals surface area contributed by atoms with Crippen LogP contribution in [0.5, 0.6) is 5.75 Å². The number of ether oxygens (including phenoxy) is 1. The van der Waals surface area contributed by atoms with Crippen LogP contribution < -0.4 is 4.74 Å². The molecule has 2 rings (SSSR count). The summed E-state index contributed by atoms with van der Waals surface area (Å²) in [7, 11) is 0. The lowest BCUT2D eigenvalue weighted by Gasteiger charge is -2.49. The van der Waals surface area contributed by atoms with Crippen molar-refractivity contribution < 1.29 is 23.1 Å². The third kappa shape index (κ3) is 3.55. The van der Waals surface area contributed by atoms with Crippen LogP contribution in [0.4, 0.5) is 13.2 Å². The summed E-state index contributed by atoms with van der Waals surface area (Å²) in [6.07, 6.45) is -3.75. The Kier molecular flexibility index (Phi) is 4.21. The molecule has 22 heavy (non-hydrogen) atoms. The highest BCUT2D eigenvalue weighted by Gasteiger charge is 2.47. The fraction of sp³-hybridized carbons (Fsp3) is 0.625. The molecule has 0 unspecified atom stereocenters. The Balaban J connectivity index is 2.18. The van der Waals surface area contributed by atoms with Crippen molar-refractivity contribution in [1.29, 1.82) is 0 Å². The molecule has 1 aliphatic heterocycles. The van der Waals surface area contributed by atoms with E-state index in [1.165, 1.54) is 12.1 Å². The van der Waals surface area contributed by atoms with Gasteiger partial charge in [0.05, 0.1) is 5.56 Å². The molecule has 0 amide bonds. The minimum absolute atomic E-state index is 0.186. The van der Waals surface area contributed by atoms with E-state index in [2.05, 4.69) is 0 Å². The average molecular weight is 316 g/mol. The summed E-state index contributed by atoms with van der Waals surface area (Å²) in [5.74, 6) is 0.186. The van der Waals surface area contributed by atoms with Gasteiger partial charge in [-0.15, -0.1) is 10.3 Å². The van der Waals surface area contributed by atoms with Gasteiger partial charge in [0.25, 0.3) is 0 Å². The quantitative estimate of drug-likeness (QED) is 0.807. The van der Waals surface area contributed by atoms with Gasteiger partial charge in [0.2, 0.25) is 0 Å². The largest absolute Gasteiger partial charge is 0.490 e. The van der Waals surface area contributed by atoms with Crippen molar-refractivity contribution in [3.05, 3.63) is 29.8 Å². The number of piperidine rings is 1. The van der Waals surface area contributed by atoms with Crippen molar-refractivity contribution in [3.8, 4) is 5.75 Å². The molecule has 0 N–H and O–H groups in total. The molecular formula is C16H21F3NO2. The predicted molar refractivity (Wildman–Crippen MR) is 75.8 cm³/mol. The van der Waals surface area contributed by atoms with Crippen molar-refractivity contribution in [1.82, 2.24) is 5.06 Å². The van der Waals surface area contributed by atoms with Crippen LogP contribution in [0.3, 0.4) is 0 Å². The van der Waals surface area contributed by atoms with Gasteiger partial charge in [-0.25, -0.2) is 0 Å². The molecule has 0 saturated carbocycles. The van der Waals surface area contributed by atoms with Gasteiger partial charge in [-0.2, -0.15) is 13.2 Å². The van der Waals surface area contributed by atoms with Crippen LogP contribution in [-0.4, -0.2) is 22.2 Å². The van der Waals surface area contributed by atoms with Crippen molar-refractivity contribution >= 4 is 0 Å². The molecule has 0 atom stereocenters. The Morgan fingerprint density at radius 2 is 1.68 bits per heavy atom. The maximum atomic E-state index is 12.7. The molecule has 1 saturated heterocycles. The van der Waals surface area contributed by atoms with Gasteiger partial charge in [0, 0.05) is 23.9 Å². The standard InChI is InChI=1S/C16H21F3NO2/c1-14(2)9-13(10-15(3,4)20(14)21)22-12-7-5-6-11(8-12)16(17,18)19/h5-8,13H,9-10H2,1-4H3. The fourth-order valence-electron chi connectivity index (χ4n) is 3.19. The summed E-state index contributed by atoms with van der Waals surface area (Å²) in [5, 5.41) is 13.3. The minimum atomic E-state index is -4.39. The third-order valence-corrected chi connectivity index (χ3v) is 4.02. The molecule has 1 aliphatic rings. The highest BCUT2D eigenvalue weighted by atomic mass is 19.4. The second-order valence-corrected chi connectivity index (χ2v) is 7.09. The summed E-state index contributed by atoms with van der Waals surface area (Å²) in [6.45, 7) is 7.29. The van der Waals surface area contributed by atoms with Gasteiger partial charge in [0.1, 0.15) is 11.9 Å². The summed E-state index contributed by atoms with van der Waals surface area (Å²) in [4.78, 5) is 0. The molecule has 6 heteroatoms. The van der Waals surface area contributed by atoms with Crippen molar-refractivity contribution in [2.24, 2.45) is 0 Å². The number of benzene rings is 1. The molecule has 1 radical (unpaired) electrons. The van der Waals surface area contributed by atoms with Crippen molar-refractivity contribution in [2.75, 3.05) is 0 Å². The number of nitrogens with zero attached hydrogens (tertiary/aromatic N) is 1. The first kappa shape index (κ1) is 17.1. The molecule has 1 fully saturated rings. The predicted octanol–water partition coefficient (Wildman–Crippen LogP) is 4.45. The van der Waals surface area contributed by atoms with Crippen LogP contribution >= 0.6 is 0 Å². The van der Waals surface area contributed by atoms with E-state index < -0.39 is 22.8 Å². The van der Waals surface area contributed by atoms with E-state index in [0.29, 0.717) is 12.8 Å². The Morgan fingerprint density at radius 3 is 2.18 bits per heavy atom. The Labute approximate surface area is 128 Å². The highest BCUT2D eigenvalue weighted by molar-refractivity contribution is 5.30. The third-order valence-electron chi connectivity index (χ3n) is 4.02. The molecule has 0 aromatic heterocycles. The van der Waals surface area contributed by atoms with Gasteiger partial charge < -0.3 is 4.74 Å². The molecular weight excluding hydrogens is 295 g/mol. The molecule has 1 aromatic rings. The summed E-state index contributed by atoms with van der Waals surface area (Å²) < 4.78 is 44.0. The summed E-state index contributed by atoms with van der Waals surface area (Å²) >= 11 is 0. The first-order chi connectivity index (χ1) is 9.92. The highest BCUT2D eigenvalue weighted by Crippen LogP contribution is 2.39. The van der Waals surface area contributed by atoms with E-state index in [0.717, 1.165) is 17.2 Å². The number of hydroxylamine groups is 2. The van der Waals surface area contributed by atoms with Crippen LogP contribution in [0.25, 0.3) is 0 Å². The number of alkyl halides is 3. The Morgan fingerprint density at radius 1 is 1.14 bits per heavy atom. The lowest BCUT2D eigenvalue weighted by atomic mass is 9.80. The topological polar surface area (TPSA) is 32.4 Å². The SMILES string of the molecule is CC1(C)CC(Oc2cccc(C(F)(F)F)c2)CC(C)(C)N1[O]. The van der Waals surface area contributed by atoms with Crippen LogP contribution in [0, 0.1) is 0 Å². The fourth-order valence-corrected chi connectivity index (χ4v) is 3.19. The van der Waals surface area contributed by atoms with E-state index in [-0.39, 0.29) is 11.9 Å². The first-order valence-corrected chi connectivity index (χ1v) is 7.23. The van der Waals surface area contributed by atoms with E-state index in [1.54, 1.807) is 0 Å². The van der Waals surface area contributed by atoms with Gasteiger partial charge in [-0.05, 0) is 45.9 Å². The lowest BCUT2D eigenvalue weighted by molar-refractivity contribution is -0.296. The molecule has 3 nitrogen and oxygen atoms in total. The zero-order chi connectivity index (χ0) is 16.8. The normalized spacial score (nSPS) is 22.5. The Hall–Kier alpha value is -1.27.